The van der Waals surface area contributed by atoms with Gasteiger partial charge in [0, 0.05) is 30.2 Å². The smallest absolute Gasteiger partial charge is 0.251 e. The maximum absolute atomic E-state index is 12.0. The molecule has 1 N–H and O–H groups in total. The van der Waals surface area contributed by atoms with Gasteiger partial charge in [0.15, 0.2) is 0 Å². The Labute approximate surface area is 111 Å². The van der Waals surface area contributed by atoms with Gasteiger partial charge in [-0.3, -0.25) is 4.79 Å². The maximum atomic E-state index is 12.0. The number of carbonyl (C=O) groups excluding carboxylic acids is 1. The Kier molecular flexibility index (Phi) is 3.99. The molecule has 0 saturated carbocycles. The van der Waals surface area contributed by atoms with Gasteiger partial charge in [-0.2, -0.15) is 0 Å². The van der Waals surface area contributed by atoms with Gasteiger partial charge in [-0.15, -0.1) is 11.3 Å². The van der Waals surface area contributed by atoms with Crippen molar-refractivity contribution in [3.8, 4) is 0 Å². The van der Waals surface area contributed by atoms with Gasteiger partial charge in [-0.25, -0.2) is 0 Å². The number of nitrogens with one attached hydrogen (secondary N) is 1. The van der Waals surface area contributed by atoms with Crippen LogP contribution in [0.15, 0.2) is 41.8 Å². The Morgan fingerprint density at radius 3 is 2.78 bits per heavy atom. The predicted octanol–water partition coefficient (Wildman–Crippen LogP) is 2.74. The molecule has 0 saturated heterocycles. The molecule has 1 heterocycles. The second-order valence-electron chi connectivity index (χ2n) is 4.21. The van der Waals surface area contributed by atoms with Crippen LogP contribution in [0.1, 0.15) is 15.2 Å². The van der Waals surface area contributed by atoms with E-state index in [-0.39, 0.29) is 5.91 Å². The lowest BCUT2D eigenvalue weighted by Crippen LogP contribution is -2.22. The highest BCUT2D eigenvalue weighted by Gasteiger charge is 2.06. The molecule has 18 heavy (non-hydrogen) atoms. The summed E-state index contributed by atoms with van der Waals surface area (Å²) in [5.41, 5.74) is 1.72. The summed E-state index contributed by atoms with van der Waals surface area (Å²) >= 11 is 1.65. The summed E-state index contributed by atoms with van der Waals surface area (Å²) in [5, 5.41) is 4.93. The average Bonchev–Trinajstić information content (AvgIpc) is 2.89. The monoisotopic (exact) mass is 260 g/mol. The first-order chi connectivity index (χ1) is 8.66. The molecule has 0 aliphatic rings. The van der Waals surface area contributed by atoms with Crippen molar-refractivity contribution in [1.29, 1.82) is 0 Å². The molecular weight excluding hydrogens is 244 g/mol. The van der Waals surface area contributed by atoms with Gasteiger partial charge < -0.3 is 10.2 Å². The highest BCUT2D eigenvalue weighted by atomic mass is 32.1. The molecule has 0 spiro atoms. The molecule has 2 rings (SSSR count). The summed E-state index contributed by atoms with van der Waals surface area (Å²) in [6, 6.07) is 11.6. The van der Waals surface area contributed by atoms with Gasteiger partial charge in [-0.1, -0.05) is 12.1 Å². The van der Waals surface area contributed by atoms with Crippen LogP contribution in [-0.2, 0) is 6.54 Å². The molecule has 0 aliphatic carbocycles. The van der Waals surface area contributed by atoms with E-state index >= 15 is 0 Å². The third-order valence-corrected chi connectivity index (χ3v) is 3.50. The van der Waals surface area contributed by atoms with Crippen LogP contribution >= 0.6 is 11.3 Å². The fraction of sp³-hybridized carbons (Fsp3) is 0.214. The van der Waals surface area contributed by atoms with E-state index in [2.05, 4.69) is 5.32 Å². The SMILES string of the molecule is CN(C)c1cccc(C(=O)NCc2cccs2)c1. The Bertz CT molecular complexity index is 520. The standard InChI is InChI=1S/C14H16N2OS/c1-16(2)12-6-3-5-11(9-12)14(17)15-10-13-7-4-8-18-13/h3-9H,10H2,1-2H3,(H,15,17). The van der Waals surface area contributed by atoms with Crippen molar-refractivity contribution < 1.29 is 4.79 Å². The van der Waals surface area contributed by atoms with Crippen molar-refractivity contribution in [2.75, 3.05) is 19.0 Å². The second kappa shape index (κ2) is 5.69. The van der Waals surface area contributed by atoms with E-state index in [1.165, 1.54) is 0 Å². The van der Waals surface area contributed by atoms with Crippen LogP contribution in [0.3, 0.4) is 0 Å². The van der Waals surface area contributed by atoms with Crippen molar-refractivity contribution in [2.24, 2.45) is 0 Å². The van der Waals surface area contributed by atoms with Crippen molar-refractivity contribution in [3.63, 3.8) is 0 Å². The molecule has 3 nitrogen and oxygen atoms in total. The fourth-order valence-corrected chi connectivity index (χ4v) is 2.25. The fourth-order valence-electron chi connectivity index (χ4n) is 1.61. The molecule has 1 amide bonds. The van der Waals surface area contributed by atoms with E-state index in [1.807, 2.05) is 60.8 Å². The van der Waals surface area contributed by atoms with E-state index in [9.17, 15) is 4.79 Å². The topological polar surface area (TPSA) is 32.3 Å². The van der Waals surface area contributed by atoms with Crippen molar-refractivity contribution >= 4 is 22.9 Å². The quantitative estimate of drug-likeness (QED) is 0.916. The van der Waals surface area contributed by atoms with E-state index < -0.39 is 0 Å². The number of nitrogens with zero attached hydrogens (tertiary/aromatic N) is 1. The second-order valence-corrected chi connectivity index (χ2v) is 5.24. The lowest BCUT2D eigenvalue weighted by molar-refractivity contribution is 0.0951. The van der Waals surface area contributed by atoms with Gasteiger partial charge in [0.2, 0.25) is 0 Å². The molecule has 2 aromatic rings. The summed E-state index contributed by atoms with van der Waals surface area (Å²) < 4.78 is 0. The normalized spacial score (nSPS) is 10.1. The van der Waals surface area contributed by atoms with Gasteiger partial charge in [0.05, 0.1) is 6.54 Å². The molecule has 1 aromatic heterocycles. The Hall–Kier alpha value is -1.81. The number of rotatable bonds is 4. The highest BCUT2D eigenvalue weighted by molar-refractivity contribution is 7.09. The van der Waals surface area contributed by atoms with Crippen LogP contribution in [-0.4, -0.2) is 20.0 Å². The number of thiophene rings is 1. The molecule has 0 unspecified atom stereocenters. The van der Waals surface area contributed by atoms with Gasteiger partial charge in [-0.05, 0) is 29.6 Å². The minimum absolute atomic E-state index is 0.0351. The minimum atomic E-state index is -0.0351. The summed E-state index contributed by atoms with van der Waals surface area (Å²) in [6.07, 6.45) is 0. The van der Waals surface area contributed by atoms with Crippen molar-refractivity contribution in [1.82, 2.24) is 5.32 Å². The number of carbonyl (C=O) groups is 1. The van der Waals surface area contributed by atoms with E-state index in [1.54, 1.807) is 11.3 Å². The number of hydrogen-bond acceptors (Lipinski definition) is 3. The first-order valence-corrected chi connectivity index (χ1v) is 6.63. The zero-order valence-electron chi connectivity index (χ0n) is 10.5. The molecule has 0 atom stereocenters. The van der Waals surface area contributed by atoms with Gasteiger partial charge >= 0.3 is 0 Å². The molecule has 0 bridgehead atoms. The minimum Gasteiger partial charge on any atom is -0.378 e. The lowest BCUT2D eigenvalue weighted by Gasteiger charge is -2.13. The number of anilines is 1. The summed E-state index contributed by atoms with van der Waals surface area (Å²) in [4.78, 5) is 15.1. The third-order valence-electron chi connectivity index (χ3n) is 2.63. The average molecular weight is 260 g/mol. The van der Waals surface area contributed by atoms with Gasteiger partial charge in [0.25, 0.3) is 5.91 Å². The third kappa shape index (κ3) is 3.11. The van der Waals surface area contributed by atoms with Gasteiger partial charge in [0.1, 0.15) is 0 Å². The lowest BCUT2D eigenvalue weighted by atomic mass is 10.2. The molecule has 0 radical (unpaired) electrons. The summed E-state index contributed by atoms with van der Waals surface area (Å²) in [6.45, 7) is 0.586. The van der Waals surface area contributed by atoms with Crippen LogP contribution in [0.25, 0.3) is 0 Å². The first kappa shape index (κ1) is 12.6. The Morgan fingerprint density at radius 1 is 1.28 bits per heavy atom. The van der Waals surface area contributed by atoms with Crippen LogP contribution in [0.2, 0.25) is 0 Å². The Morgan fingerprint density at radius 2 is 2.11 bits per heavy atom. The zero-order valence-corrected chi connectivity index (χ0v) is 11.3. The molecule has 0 fully saturated rings. The summed E-state index contributed by atoms with van der Waals surface area (Å²) in [7, 11) is 3.92. The van der Waals surface area contributed by atoms with Crippen LogP contribution in [0, 0.1) is 0 Å². The zero-order chi connectivity index (χ0) is 13.0. The van der Waals surface area contributed by atoms with Crippen molar-refractivity contribution in [2.45, 2.75) is 6.54 Å². The van der Waals surface area contributed by atoms with E-state index in [0.29, 0.717) is 12.1 Å². The first-order valence-electron chi connectivity index (χ1n) is 5.75. The van der Waals surface area contributed by atoms with Crippen LogP contribution in [0.5, 0.6) is 0 Å². The Balaban J connectivity index is 2.02. The molecule has 94 valence electrons. The molecule has 1 aromatic carbocycles. The maximum Gasteiger partial charge on any atom is 0.251 e. The van der Waals surface area contributed by atoms with Crippen LogP contribution in [0.4, 0.5) is 5.69 Å². The highest BCUT2D eigenvalue weighted by Crippen LogP contribution is 2.14. The van der Waals surface area contributed by atoms with Crippen molar-refractivity contribution in [3.05, 3.63) is 52.2 Å². The van der Waals surface area contributed by atoms with E-state index in [0.717, 1.165) is 10.6 Å². The summed E-state index contributed by atoms with van der Waals surface area (Å²) in [5.74, 6) is -0.0351. The number of hydrogen-bond donors (Lipinski definition) is 1. The van der Waals surface area contributed by atoms with E-state index in [4.69, 9.17) is 0 Å². The molecular formula is C14H16N2OS. The van der Waals surface area contributed by atoms with Crippen LogP contribution < -0.4 is 10.2 Å². The predicted molar refractivity (Wildman–Crippen MR) is 76.3 cm³/mol. The number of amides is 1. The molecule has 0 aliphatic heterocycles. The molecule has 4 heteroatoms. The largest absolute Gasteiger partial charge is 0.378 e. The number of benzene rings is 1.